The van der Waals surface area contributed by atoms with Gasteiger partial charge >= 0.3 is 0 Å². The van der Waals surface area contributed by atoms with Crippen molar-refractivity contribution in [2.24, 2.45) is 0 Å². The lowest BCUT2D eigenvalue weighted by Crippen LogP contribution is -2.07. The summed E-state index contributed by atoms with van der Waals surface area (Å²) in [6.45, 7) is 5.93. The quantitative estimate of drug-likeness (QED) is 0.110. The Balaban J connectivity index is 1.68. The van der Waals surface area contributed by atoms with Gasteiger partial charge in [-0.1, -0.05) is 102 Å². The first-order chi connectivity index (χ1) is 21.1. The van der Waals surface area contributed by atoms with E-state index in [0.29, 0.717) is 13.2 Å². The number of hydrogen-bond donors (Lipinski definition) is 0. The van der Waals surface area contributed by atoms with Crippen LogP contribution in [0.1, 0.15) is 78.1 Å². The Morgan fingerprint density at radius 1 is 0.535 bits per heavy atom. The van der Waals surface area contributed by atoms with Crippen LogP contribution >= 0.6 is 0 Å². The summed E-state index contributed by atoms with van der Waals surface area (Å²) >= 11 is 0. The summed E-state index contributed by atoms with van der Waals surface area (Å²) in [5.41, 5.74) is 7.28. The maximum atomic E-state index is 6.35. The minimum Gasteiger partial charge on any atom is -0.493 e. The van der Waals surface area contributed by atoms with Crippen molar-refractivity contribution >= 4 is 5.69 Å². The number of aromatic nitrogens is 1. The van der Waals surface area contributed by atoms with E-state index in [-0.39, 0.29) is 0 Å². The van der Waals surface area contributed by atoms with Gasteiger partial charge in [0.2, 0.25) is 0 Å². The Bertz CT molecular complexity index is 1300. The number of pyridine rings is 1. The number of ether oxygens (including phenoxy) is 2. The van der Waals surface area contributed by atoms with Crippen LogP contribution in [0.5, 0.6) is 11.5 Å². The fourth-order valence-electron chi connectivity index (χ4n) is 5.31. The molecule has 0 aliphatic carbocycles. The lowest BCUT2D eigenvalue weighted by atomic mass is 9.99. The van der Waals surface area contributed by atoms with Crippen LogP contribution in [0.15, 0.2) is 84.9 Å². The van der Waals surface area contributed by atoms with Crippen molar-refractivity contribution in [3.63, 3.8) is 0 Å². The summed E-state index contributed by atoms with van der Waals surface area (Å²) in [6, 6.07) is 29.7. The van der Waals surface area contributed by atoms with E-state index in [2.05, 4.69) is 106 Å². The van der Waals surface area contributed by atoms with Crippen molar-refractivity contribution in [2.75, 3.05) is 32.2 Å². The van der Waals surface area contributed by atoms with Gasteiger partial charge in [0, 0.05) is 30.9 Å². The molecule has 0 aliphatic rings. The van der Waals surface area contributed by atoms with Crippen molar-refractivity contribution in [2.45, 2.75) is 78.1 Å². The van der Waals surface area contributed by atoms with Crippen LogP contribution in [-0.2, 0) is 0 Å². The maximum Gasteiger partial charge on any atom is 0.128 e. The summed E-state index contributed by atoms with van der Waals surface area (Å²) in [4.78, 5) is 7.36. The van der Waals surface area contributed by atoms with Gasteiger partial charge in [-0.05, 0) is 72.5 Å². The fourth-order valence-corrected chi connectivity index (χ4v) is 5.31. The standard InChI is InChI=1S/C39H50N2O2/c1-5-7-9-11-17-27-42-38-21-15-13-19-34(38)36-29-32(31-23-25-33(26-24-31)41(3)4)30-37(40-36)35-20-14-16-22-39(35)43-28-18-12-10-8-6-2/h13-16,19-26,29-30H,5-12,17-18,27-28H2,1-4H3. The average molecular weight is 579 g/mol. The topological polar surface area (TPSA) is 34.6 Å². The van der Waals surface area contributed by atoms with Crippen LogP contribution in [-0.4, -0.2) is 32.3 Å². The molecular weight excluding hydrogens is 528 g/mol. The van der Waals surface area contributed by atoms with Crippen LogP contribution in [0.3, 0.4) is 0 Å². The van der Waals surface area contributed by atoms with Crippen LogP contribution in [0.4, 0.5) is 5.69 Å². The predicted octanol–water partition coefficient (Wildman–Crippen LogP) is 10.8. The van der Waals surface area contributed by atoms with Crippen LogP contribution in [0, 0.1) is 0 Å². The highest BCUT2D eigenvalue weighted by molar-refractivity contribution is 5.80. The van der Waals surface area contributed by atoms with Gasteiger partial charge in [-0.15, -0.1) is 0 Å². The van der Waals surface area contributed by atoms with Crippen molar-refractivity contribution in [3.05, 3.63) is 84.9 Å². The van der Waals surface area contributed by atoms with Gasteiger partial charge < -0.3 is 14.4 Å². The SMILES string of the molecule is CCCCCCCOc1ccccc1-c1cc(-c2ccc(N(C)C)cc2)cc(-c2ccccc2OCCCCCCC)n1. The van der Waals surface area contributed by atoms with Gasteiger partial charge in [0.1, 0.15) is 11.5 Å². The zero-order valence-electron chi connectivity index (χ0n) is 26.8. The molecule has 1 heterocycles. The van der Waals surface area contributed by atoms with Gasteiger partial charge in [0.25, 0.3) is 0 Å². The first-order valence-electron chi connectivity index (χ1n) is 16.3. The van der Waals surface area contributed by atoms with E-state index in [1.807, 2.05) is 12.1 Å². The Hall–Kier alpha value is -3.79. The number of benzene rings is 3. The smallest absolute Gasteiger partial charge is 0.128 e. The van der Waals surface area contributed by atoms with Crippen molar-refractivity contribution in [3.8, 4) is 45.1 Å². The number of nitrogens with zero attached hydrogens (tertiary/aromatic N) is 2. The molecule has 0 bridgehead atoms. The second-order valence-electron chi connectivity index (χ2n) is 11.6. The van der Waals surface area contributed by atoms with E-state index in [1.165, 1.54) is 57.1 Å². The van der Waals surface area contributed by atoms with E-state index in [1.54, 1.807) is 0 Å². The van der Waals surface area contributed by atoms with E-state index in [0.717, 1.165) is 58.0 Å². The van der Waals surface area contributed by atoms with Gasteiger partial charge in [-0.25, -0.2) is 4.98 Å². The molecule has 4 heteroatoms. The van der Waals surface area contributed by atoms with Crippen molar-refractivity contribution in [1.29, 1.82) is 0 Å². The first kappa shape index (κ1) is 32.1. The molecule has 0 saturated carbocycles. The van der Waals surface area contributed by atoms with Crippen LogP contribution < -0.4 is 14.4 Å². The molecule has 4 rings (SSSR count). The Kier molecular flexibility index (Phi) is 13.0. The summed E-state index contributed by atoms with van der Waals surface area (Å²) in [7, 11) is 4.14. The number of unbranched alkanes of at least 4 members (excludes halogenated alkanes) is 8. The van der Waals surface area contributed by atoms with Gasteiger partial charge in [-0.3, -0.25) is 0 Å². The molecule has 3 aromatic carbocycles. The second-order valence-corrected chi connectivity index (χ2v) is 11.6. The third-order valence-electron chi connectivity index (χ3n) is 7.88. The van der Waals surface area contributed by atoms with Gasteiger partial charge in [-0.2, -0.15) is 0 Å². The lowest BCUT2D eigenvalue weighted by molar-refractivity contribution is 0.305. The number of hydrogen-bond acceptors (Lipinski definition) is 4. The van der Waals surface area contributed by atoms with Crippen molar-refractivity contribution < 1.29 is 9.47 Å². The second kappa shape index (κ2) is 17.4. The molecule has 0 radical (unpaired) electrons. The molecule has 1 aromatic heterocycles. The summed E-state index contributed by atoms with van der Waals surface area (Å²) in [6.07, 6.45) is 12.1. The van der Waals surface area contributed by atoms with E-state index in [9.17, 15) is 0 Å². The van der Waals surface area contributed by atoms with Gasteiger partial charge in [0.05, 0.1) is 24.6 Å². The highest BCUT2D eigenvalue weighted by atomic mass is 16.5. The van der Waals surface area contributed by atoms with Gasteiger partial charge in [0.15, 0.2) is 0 Å². The molecule has 0 aliphatic heterocycles. The molecule has 0 unspecified atom stereocenters. The molecule has 0 spiro atoms. The lowest BCUT2D eigenvalue weighted by Gasteiger charge is -2.16. The summed E-state index contributed by atoms with van der Waals surface area (Å²) in [5.74, 6) is 1.77. The largest absolute Gasteiger partial charge is 0.493 e. The third kappa shape index (κ3) is 9.61. The fraction of sp³-hybridized carbons (Fsp3) is 0.410. The molecule has 0 atom stereocenters. The third-order valence-corrected chi connectivity index (χ3v) is 7.88. The average Bonchev–Trinajstić information content (AvgIpc) is 3.04. The molecule has 0 N–H and O–H groups in total. The predicted molar refractivity (Wildman–Crippen MR) is 183 cm³/mol. The van der Waals surface area contributed by atoms with E-state index < -0.39 is 0 Å². The molecule has 0 fully saturated rings. The Labute approximate surface area is 260 Å². The highest BCUT2D eigenvalue weighted by Gasteiger charge is 2.15. The zero-order chi connectivity index (χ0) is 30.3. The summed E-state index contributed by atoms with van der Waals surface area (Å²) < 4.78 is 12.7. The zero-order valence-corrected chi connectivity index (χ0v) is 26.8. The monoisotopic (exact) mass is 578 g/mol. The molecule has 0 saturated heterocycles. The summed E-state index contributed by atoms with van der Waals surface area (Å²) in [5, 5.41) is 0. The number of anilines is 1. The molecule has 0 amide bonds. The minimum atomic E-state index is 0.716. The number of para-hydroxylation sites is 2. The maximum absolute atomic E-state index is 6.35. The van der Waals surface area contributed by atoms with E-state index >= 15 is 0 Å². The molecule has 43 heavy (non-hydrogen) atoms. The Morgan fingerprint density at radius 2 is 1.00 bits per heavy atom. The molecule has 4 aromatic rings. The van der Waals surface area contributed by atoms with Crippen LogP contribution in [0.25, 0.3) is 33.6 Å². The molecule has 4 nitrogen and oxygen atoms in total. The normalized spacial score (nSPS) is 11.0. The minimum absolute atomic E-state index is 0.716. The Morgan fingerprint density at radius 3 is 1.47 bits per heavy atom. The van der Waals surface area contributed by atoms with Crippen LogP contribution in [0.2, 0.25) is 0 Å². The van der Waals surface area contributed by atoms with Crippen molar-refractivity contribution in [1.82, 2.24) is 4.98 Å². The number of rotatable bonds is 18. The first-order valence-corrected chi connectivity index (χ1v) is 16.3. The molecule has 228 valence electrons. The molecular formula is C39H50N2O2. The highest BCUT2D eigenvalue weighted by Crippen LogP contribution is 2.37. The van der Waals surface area contributed by atoms with E-state index in [4.69, 9.17) is 14.5 Å².